The van der Waals surface area contributed by atoms with Crippen LogP contribution in [0.4, 0.5) is 5.69 Å². The molecule has 0 unspecified atom stereocenters. The summed E-state index contributed by atoms with van der Waals surface area (Å²) in [5, 5.41) is 4.82. The maximum Gasteiger partial charge on any atom is 0.241 e. The smallest absolute Gasteiger partial charge is 0.241 e. The first-order chi connectivity index (χ1) is 13.8. The number of hydrogen-bond acceptors (Lipinski definition) is 4. The van der Waals surface area contributed by atoms with Crippen LogP contribution in [0.25, 0.3) is 10.8 Å². The van der Waals surface area contributed by atoms with Gasteiger partial charge in [0.1, 0.15) is 6.04 Å². The monoisotopic (exact) mass is 411 g/mol. The molecule has 0 spiro atoms. The molecule has 29 heavy (non-hydrogen) atoms. The van der Waals surface area contributed by atoms with Crippen molar-refractivity contribution in [2.75, 3.05) is 26.5 Å². The number of sulfonamides is 1. The molecule has 0 aliphatic rings. The average Bonchev–Trinajstić information content (AvgIpc) is 2.72. The van der Waals surface area contributed by atoms with Crippen molar-refractivity contribution in [2.45, 2.75) is 17.4 Å². The molecule has 3 aromatic rings. The lowest BCUT2D eigenvalue weighted by atomic mass is 10.1. The van der Waals surface area contributed by atoms with Crippen LogP contribution in [0.1, 0.15) is 5.56 Å². The lowest BCUT2D eigenvalue weighted by molar-refractivity contribution is -0.130. The maximum absolute atomic E-state index is 13.0. The highest BCUT2D eigenvalue weighted by molar-refractivity contribution is 7.89. The molecule has 1 amide bonds. The molecule has 0 saturated carbocycles. The third kappa shape index (κ3) is 4.93. The third-order valence-electron chi connectivity index (χ3n) is 4.75. The molecule has 0 aliphatic carbocycles. The van der Waals surface area contributed by atoms with Crippen LogP contribution in [-0.4, -0.2) is 46.4 Å². The van der Waals surface area contributed by atoms with Crippen molar-refractivity contribution in [3.63, 3.8) is 0 Å². The van der Waals surface area contributed by atoms with Crippen molar-refractivity contribution >= 4 is 32.4 Å². The van der Waals surface area contributed by atoms with Crippen LogP contribution in [-0.2, 0) is 21.2 Å². The van der Waals surface area contributed by atoms with Gasteiger partial charge in [-0.05, 0) is 47.0 Å². The van der Waals surface area contributed by atoms with Gasteiger partial charge in [0.25, 0.3) is 0 Å². The predicted octanol–water partition coefficient (Wildman–Crippen LogP) is 2.86. The summed E-state index contributed by atoms with van der Waals surface area (Å²) in [7, 11) is 1.18. The third-order valence-corrected chi connectivity index (χ3v) is 6.22. The number of fused-ring (bicyclic) bond motifs is 1. The zero-order valence-electron chi connectivity index (χ0n) is 16.7. The molecule has 6 nitrogen and oxygen atoms in total. The number of likely N-dealkylation sites (N-methyl/N-ethyl adjacent to an activating group) is 1. The second-order valence-corrected chi connectivity index (χ2v) is 8.78. The Bertz CT molecular complexity index is 1110. The van der Waals surface area contributed by atoms with E-state index in [1.54, 1.807) is 32.3 Å². The Hall–Kier alpha value is -2.90. The van der Waals surface area contributed by atoms with Gasteiger partial charge in [0.2, 0.25) is 15.9 Å². The van der Waals surface area contributed by atoms with Gasteiger partial charge >= 0.3 is 0 Å². The molecule has 0 fully saturated rings. The van der Waals surface area contributed by atoms with Crippen molar-refractivity contribution in [2.24, 2.45) is 0 Å². The van der Waals surface area contributed by atoms with Crippen LogP contribution < -0.4 is 10.0 Å². The summed E-state index contributed by atoms with van der Waals surface area (Å²) in [6, 6.07) is 19.1. The topological polar surface area (TPSA) is 78.5 Å². The minimum absolute atomic E-state index is 0.137. The van der Waals surface area contributed by atoms with E-state index in [2.05, 4.69) is 10.0 Å². The SMILES string of the molecule is CNc1ccc(C[C@H](NS(=O)(=O)c2ccc3ccccc3c2)C(=O)N(C)C)cc1. The van der Waals surface area contributed by atoms with Crippen molar-refractivity contribution in [3.8, 4) is 0 Å². The quantitative estimate of drug-likeness (QED) is 0.627. The minimum atomic E-state index is -3.87. The summed E-state index contributed by atoms with van der Waals surface area (Å²) in [4.78, 5) is 14.2. The fraction of sp³-hybridized carbons (Fsp3) is 0.227. The lowest BCUT2D eigenvalue weighted by Gasteiger charge is -2.22. The Morgan fingerprint density at radius 3 is 2.24 bits per heavy atom. The van der Waals surface area contributed by atoms with Crippen LogP contribution >= 0.6 is 0 Å². The standard InChI is InChI=1S/C22H25N3O3S/c1-23-19-11-8-16(9-12-19)14-21(22(26)25(2)3)24-29(27,28)20-13-10-17-6-4-5-7-18(17)15-20/h4-13,15,21,23-24H,14H2,1-3H3/t21-/m0/s1. The number of carbonyl (C=O) groups excluding carboxylic acids is 1. The van der Waals surface area contributed by atoms with Crippen molar-refractivity contribution in [1.29, 1.82) is 0 Å². The number of hydrogen-bond donors (Lipinski definition) is 2. The number of nitrogens with zero attached hydrogens (tertiary/aromatic N) is 1. The van der Waals surface area contributed by atoms with Crippen LogP contribution in [0.3, 0.4) is 0 Å². The van der Waals surface area contributed by atoms with Gasteiger partial charge in [-0.1, -0.05) is 42.5 Å². The van der Waals surface area contributed by atoms with Crippen LogP contribution in [0.5, 0.6) is 0 Å². The molecule has 0 bridgehead atoms. The van der Waals surface area contributed by atoms with Crippen LogP contribution in [0, 0.1) is 0 Å². The summed E-state index contributed by atoms with van der Waals surface area (Å²) in [5.74, 6) is -0.299. The molecular weight excluding hydrogens is 386 g/mol. The van der Waals surface area contributed by atoms with E-state index in [0.717, 1.165) is 22.0 Å². The van der Waals surface area contributed by atoms with Crippen molar-refractivity contribution < 1.29 is 13.2 Å². The Morgan fingerprint density at radius 1 is 0.966 bits per heavy atom. The molecule has 0 aliphatic heterocycles. The number of anilines is 1. The molecule has 152 valence electrons. The van der Waals surface area contributed by atoms with Gasteiger partial charge in [-0.25, -0.2) is 8.42 Å². The first-order valence-corrected chi connectivity index (χ1v) is 10.8. The number of nitrogens with one attached hydrogen (secondary N) is 2. The summed E-state index contributed by atoms with van der Waals surface area (Å²) in [6.07, 6.45) is 0.258. The second-order valence-electron chi connectivity index (χ2n) is 7.07. The van der Waals surface area contributed by atoms with Gasteiger partial charge < -0.3 is 10.2 Å². The molecule has 2 N–H and O–H groups in total. The molecule has 0 saturated heterocycles. The molecule has 0 aromatic heterocycles. The van der Waals surface area contributed by atoms with Gasteiger partial charge in [0.05, 0.1) is 4.90 Å². The highest BCUT2D eigenvalue weighted by atomic mass is 32.2. The summed E-state index contributed by atoms with van der Waals surface area (Å²) >= 11 is 0. The number of amides is 1. The van der Waals surface area contributed by atoms with Crippen LogP contribution in [0.15, 0.2) is 71.6 Å². The van der Waals surface area contributed by atoms with E-state index in [1.165, 1.54) is 4.90 Å². The fourth-order valence-electron chi connectivity index (χ4n) is 3.12. The van der Waals surface area contributed by atoms with Gasteiger partial charge in [0, 0.05) is 26.8 Å². The number of rotatable bonds is 7. The maximum atomic E-state index is 13.0. The van der Waals surface area contributed by atoms with E-state index in [-0.39, 0.29) is 17.2 Å². The molecule has 0 heterocycles. The Balaban J connectivity index is 1.89. The molecule has 3 aromatic carbocycles. The Kier molecular flexibility index (Phi) is 6.20. The van der Waals surface area contributed by atoms with Crippen molar-refractivity contribution in [1.82, 2.24) is 9.62 Å². The highest BCUT2D eigenvalue weighted by Crippen LogP contribution is 2.20. The summed E-state index contributed by atoms with van der Waals surface area (Å²) in [5.41, 5.74) is 1.81. The Labute approximate surface area is 171 Å². The van der Waals surface area contributed by atoms with Crippen LogP contribution in [0.2, 0.25) is 0 Å². The fourth-order valence-corrected chi connectivity index (χ4v) is 4.35. The zero-order valence-corrected chi connectivity index (χ0v) is 17.5. The zero-order chi connectivity index (χ0) is 21.0. The molecular formula is C22H25N3O3S. The van der Waals surface area contributed by atoms with E-state index in [0.29, 0.717) is 0 Å². The lowest BCUT2D eigenvalue weighted by Crippen LogP contribution is -2.47. The molecule has 0 radical (unpaired) electrons. The predicted molar refractivity (Wildman–Crippen MR) is 116 cm³/mol. The molecule has 1 atom stereocenters. The minimum Gasteiger partial charge on any atom is -0.388 e. The first kappa shape index (κ1) is 20.8. The van der Waals surface area contributed by atoms with E-state index in [4.69, 9.17) is 0 Å². The first-order valence-electron chi connectivity index (χ1n) is 9.29. The second kappa shape index (κ2) is 8.63. The van der Waals surface area contributed by atoms with E-state index in [9.17, 15) is 13.2 Å². The summed E-state index contributed by atoms with van der Waals surface area (Å²) < 4.78 is 28.6. The molecule has 3 rings (SSSR count). The number of benzene rings is 3. The van der Waals surface area contributed by atoms with E-state index in [1.807, 2.05) is 55.6 Å². The van der Waals surface area contributed by atoms with Gasteiger partial charge in [0.15, 0.2) is 0 Å². The van der Waals surface area contributed by atoms with E-state index < -0.39 is 16.1 Å². The Morgan fingerprint density at radius 2 is 1.62 bits per heavy atom. The molecule has 7 heteroatoms. The van der Waals surface area contributed by atoms with E-state index >= 15 is 0 Å². The highest BCUT2D eigenvalue weighted by Gasteiger charge is 2.27. The largest absolute Gasteiger partial charge is 0.388 e. The van der Waals surface area contributed by atoms with Crippen molar-refractivity contribution in [3.05, 3.63) is 72.3 Å². The average molecular weight is 412 g/mol. The van der Waals surface area contributed by atoms with Gasteiger partial charge in [-0.3, -0.25) is 4.79 Å². The van der Waals surface area contributed by atoms with Gasteiger partial charge in [-0.15, -0.1) is 0 Å². The number of carbonyl (C=O) groups is 1. The normalized spacial score (nSPS) is 12.5. The summed E-state index contributed by atoms with van der Waals surface area (Å²) in [6.45, 7) is 0. The van der Waals surface area contributed by atoms with Gasteiger partial charge in [-0.2, -0.15) is 4.72 Å².